The van der Waals surface area contributed by atoms with Crippen LogP contribution in [0.2, 0.25) is 0 Å². The van der Waals surface area contributed by atoms with Crippen LogP contribution in [0.15, 0.2) is 28.4 Å². The second-order valence-corrected chi connectivity index (χ2v) is 7.46. The van der Waals surface area contributed by atoms with E-state index >= 15 is 0 Å². The lowest BCUT2D eigenvalue weighted by atomic mass is 10.2. The Bertz CT molecular complexity index is 901. The standard InChI is InChI=1S/C20H26N4O3S/c1-7-24(8-2)18-10-16(21-14(5)26)17(11-19(18)27-6)22-23-20-15(13(4)25)9-12(3)28-20/h9-11H,7-8H2,1-6H3,(H,21,26). The van der Waals surface area contributed by atoms with Gasteiger partial charge in [0.15, 0.2) is 5.78 Å². The molecular weight excluding hydrogens is 376 g/mol. The van der Waals surface area contributed by atoms with Gasteiger partial charge in [0, 0.05) is 31.0 Å². The van der Waals surface area contributed by atoms with Gasteiger partial charge in [0.05, 0.1) is 24.0 Å². The van der Waals surface area contributed by atoms with Crippen LogP contribution in [0.5, 0.6) is 5.75 Å². The Labute approximate surface area is 169 Å². The number of rotatable bonds is 8. The highest BCUT2D eigenvalue weighted by atomic mass is 32.1. The van der Waals surface area contributed by atoms with E-state index in [1.165, 1.54) is 25.2 Å². The molecule has 0 aliphatic carbocycles. The van der Waals surface area contributed by atoms with Crippen LogP contribution in [0, 0.1) is 6.92 Å². The van der Waals surface area contributed by atoms with E-state index in [4.69, 9.17) is 4.74 Å². The number of ketones is 1. The normalized spacial score (nSPS) is 10.9. The average molecular weight is 403 g/mol. The SMILES string of the molecule is CCN(CC)c1cc(NC(C)=O)c(N=Nc2sc(C)cc2C(C)=O)cc1OC. The van der Waals surface area contributed by atoms with Crippen molar-refractivity contribution in [2.24, 2.45) is 10.2 Å². The summed E-state index contributed by atoms with van der Waals surface area (Å²) in [4.78, 5) is 26.6. The van der Waals surface area contributed by atoms with Gasteiger partial charge in [0.2, 0.25) is 5.91 Å². The lowest BCUT2D eigenvalue weighted by molar-refractivity contribution is -0.114. The molecule has 0 unspecified atom stereocenters. The van der Waals surface area contributed by atoms with Crippen LogP contribution >= 0.6 is 11.3 Å². The van der Waals surface area contributed by atoms with Gasteiger partial charge in [0.1, 0.15) is 16.4 Å². The van der Waals surface area contributed by atoms with Crippen LogP contribution in [-0.2, 0) is 4.79 Å². The van der Waals surface area contributed by atoms with E-state index in [-0.39, 0.29) is 11.7 Å². The monoisotopic (exact) mass is 402 g/mol. The summed E-state index contributed by atoms with van der Waals surface area (Å²) in [7, 11) is 1.60. The summed E-state index contributed by atoms with van der Waals surface area (Å²) in [5.41, 5.74) is 2.41. The topological polar surface area (TPSA) is 83.4 Å². The minimum Gasteiger partial charge on any atom is -0.494 e. The number of thiophene rings is 1. The van der Waals surface area contributed by atoms with Gasteiger partial charge in [-0.25, -0.2) is 0 Å². The number of methoxy groups -OCH3 is 1. The Morgan fingerprint density at radius 3 is 2.36 bits per heavy atom. The van der Waals surface area contributed by atoms with Crippen LogP contribution in [0.4, 0.5) is 22.1 Å². The van der Waals surface area contributed by atoms with Crippen LogP contribution in [0.3, 0.4) is 0 Å². The van der Waals surface area contributed by atoms with Crippen LogP contribution < -0.4 is 15.0 Å². The number of ether oxygens (including phenoxy) is 1. The Morgan fingerprint density at radius 1 is 1.14 bits per heavy atom. The van der Waals surface area contributed by atoms with Gasteiger partial charge in [-0.15, -0.1) is 21.6 Å². The Morgan fingerprint density at radius 2 is 1.82 bits per heavy atom. The van der Waals surface area contributed by atoms with Gasteiger partial charge in [-0.2, -0.15) is 0 Å². The molecule has 0 aliphatic heterocycles. The molecule has 8 heteroatoms. The molecule has 0 fully saturated rings. The predicted octanol–water partition coefficient (Wildman–Crippen LogP) is 5.49. The van der Waals surface area contributed by atoms with E-state index < -0.39 is 0 Å². The molecule has 28 heavy (non-hydrogen) atoms. The molecule has 1 aromatic carbocycles. The molecule has 2 rings (SSSR count). The second kappa shape index (κ2) is 9.45. The first kappa shape index (κ1) is 21.6. The van der Waals surface area contributed by atoms with Crippen molar-refractivity contribution in [3.63, 3.8) is 0 Å². The molecule has 0 saturated heterocycles. The fraction of sp³-hybridized carbons (Fsp3) is 0.400. The Hall–Kier alpha value is -2.74. The molecule has 0 aliphatic rings. The van der Waals surface area contributed by atoms with Gasteiger partial charge >= 0.3 is 0 Å². The molecule has 2 aromatic rings. The summed E-state index contributed by atoms with van der Waals surface area (Å²) in [6.45, 7) is 10.6. The number of aryl methyl sites for hydroxylation is 1. The third-order valence-corrected chi connectivity index (χ3v) is 5.11. The number of hydrogen-bond acceptors (Lipinski definition) is 7. The maximum Gasteiger partial charge on any atom is 0.221 e. The van der Waals surface area contributed by atoms with Crippen molar-refractivity contribution >= 4 is 45.1 Å². The third-order valence-electron chi connectivity index (χ3n) is 4.18. The summed E-state index contributed by atoms with van der Waals surface area (Å²) in [6.07, 6.45) is 0. The summed E-state index contributed by atoms with van der Waals surface area (Å²) in [5, 5.41) is 12.0. The number of carbonyl (C=O) groups excluding carboxylic acids is 2. The number of benzene rings is 1. The van der Waals surface area contributed by atoms with Crippen LogP contribution in [0.25, 0.3) is 0 Å². The van der Waals surface area contributed by atoms with Crippen LogP contribution in [-0.4, -0.2) is 31.9 Å². The molecule has 0 radical (unpaired) electrons. The molecule has 1 heterocycles. The van der Waals surface area contributed by atoms with E-state index in [1.807, 2.05) is 13.0 Å². The zero-order chi connectivity index (χ0) is 20.8. The molecule has 0 spiro atoms. The van der Waals surface area contributed by atoms with Crippen molar-refractivity contribution in [1.82, 2.24) is 0 Å². The molecule has 1 N–H and O–H groups in total. The smallest absolute Gasteiger partial charge is 0.221 e. The van der Waals surface area contributed by atoms with Crippen molar-refractivity contribution in [2.45, 2.75) is 34.6 Å². The molecule has 0 atom stereocenters. The highest BCUT2D eigenvalue weighted by molar-refractivity contribution is 7.16. The quantitative estimate of drug-likeness (QED) is 0.467. The minimum atomic E-state index is -0.205. The molecule has 1 amide bonds. The summed E-state index contributed by atoms with van der Waals surface area (Å²) in [5.74, 6) is 0.374. The lowest BCUT2D eigenvalue weighted by Crippen LogP contribution is -2.22. The van der Waals surface area contributed by atoms with Gasteiger partial charge in [0.25, 0.3) is 0 Å². The summed E-state index contributed by atoms with van der Waals surface area (Å²) >= 11 is 1.40. The highest BCUT2D eigenvalue weighted by Crippen LogP contribution is 2.40. The number of nitrogens with zero attached hydrogens (tertiary/aromatic N) is 3. The van der Waals surface area contributed by atoms with E-state index in [2.05, 4.69) is 34.3 Å². The maximum atomic E-state index is 11.8. The summed E-state index contributed by atoms with van der Waals surface area (Å²) in [6, 6.07) is 5.39. The lowest BCUT2D eigenvalue weighted by Gasteiger charge is -2.24. The third kappa shape index (κ3) is 4.95. The van der Waals surface area contributed by atoms with Crippen molar-refractivity contribution in [3.8, 4) is 5.75 Å². The predicted molar refractivity (Wildman–Crippen MR) is 114 cm³/mol. The number of Topliss-reactive ketones (excluding diaryl/α,β-unsaturated/α-hetero) is 1. The molecule has 150 valence electrons. The maximum absolute atomic E-state index is 11.8. The van der Waals surface area contributed by atoms with Gasteiger partial charge in [-0.3, -0.25) is 9.59 Å². The van der Waals surface area contributed by atoms with Gasteiger partial charge < -0.3 is 15.0 Å². The first-order chi connectivity index (χ1) is 13.3. The molecular formula is C20H26N4O3S. The Kier molecular flexibility index (Phi) is 7.28. The van der Waals surface area contributed by atoms with Crippen molar-refractivity contribution in [2.75, 3.05) is 30.4 Å². The number of amides is 1. The van der Waals surface area contributed by atoms with E-state index in [0.717, 1.165) is 23.7 Å². The molecule has 1 aromatic heterocycles. The number of hydrogen-bond donors (Lipinski definition) is 1. The minimum absolute atomic E-state index is 0.0603. The number of nitrogens with one attached hydrogen (secondary N) is 1. The Balaban J connectivity index is 2.56. The number of azo groups is 1. The zero-order valence-electron chi connectivity index (χ0n) is 17.1. The molecule has 7 nitrogen and oxygen atoms in total. The van der Waals surface area contributed by atoms with Gasteiger partial charge in [-0.05, 0) is 39.8 Å². The largest absolute Gasteiger partial charge is 0.494 e. The number of carbonyl (C=O) groups is 2. The molecule has 0 bridgehead atoms. The highest BCUT2D eigenvalue weighted by Gasteiger charge is 2.16. The fourth-order valence-corrected chi connectivity index (χ4v) is 3.71. The summed E-state index contributed by atoms with van der Waals surface area (Å²) < 4.78 is 5.54. The molecule has 0 saturated carbocycles. The second-order valence-electron chi connectivity index (χ2n) is 6.23. The van der Waals surface area contributed by atoms with E-state index in [0.29, 0.717) is 27.7 Å². The van der Waals surface area contributed by atoms with Crippen molar-refractivity contribution < 1.29 is 14.3 Å². The zero-order valence-corrected chi connectivity index (χ0v) is 17.9. The van der Waals surface area contributed by atoms with E-state index in [9.17, 15) is 9.59 Å². The van der Waals surface area contributed by atoms with Crippen molar-refractivity contribution in [3.05, 3.63) is 28.6 Å². The van der Waals surface area contributed by atoms with Gasteiger partial charge in [-0.1, -0.05) is 0 Å². The van der Waals surface area contributed by atoms with Crippen LogP contribution in [0.1, 0.15) is 42.9 Å². The van der Waals surface area contributed by atoms with E-state index in [1.54, 1.807) is 19.2 Å². The first-order valence-corrected chi connectivity index (χ1v) is 9.89. The fourth-order valence-electron chi connectivity index (χ4n) is 2.83. The average Bonchev–Trinajstić information content (AvgIpc) is 3.02. The number of anilines is 2. The first-order valence-electron chi connectivity index (χ1n) is 9.08. The van der Waals surface area contributed by atoms with Crippen molar-refractivity contribution in [1.29, 1.82) is 0 Å².